The second kappa shape index (κ2) is 12.2. The molecule has 0 bridgehead atoms. The Labute approximate surface area is 199 Å². The topological polar surface area (TPSA) is 114 Å². The summed E-state index contributed by atoms with van der Waals surface area (Å²) in [6.07, 6.45) is 5.30. The Hall–Kier alpha value is -2.43. The van der Waals surface area contributed by atoms with E-state index in [1.54, 1.807) is 17.0 Å². The average Bonchev–Trinajstić information content (AvgIpc) is 3.11. The van der Waals surface area contributed by atoms with Crippen molar-refractivity contribution < 1.29 is 18.0 Å². The number of aromatic nitrogens is 1. The molecule has 2 aromatic rings. The number of pyridine rings is 1. The minimum Gasteiger partial charge on any atom is -0.370 e. The van der Waals surface area contributed by atoms with Crippen LogP contribution in [0.5, 0.6) is 0 Å². The second-order valence-electron chi connectivity index (χ2n) is 7.96. The van der Waals surface area contributed by atoms with Gasteiger partial charge in [-0.25, -0.2) is 13.4 Å². The molecule has 3 rings (SSSR count). The number of benzene rings is 1. The Morgan fingerprint density at radius 1 is 1.03 bits per heavy atom. The molecule has 0 atom stereocenters. The van der Waals surface area contributed by atoms with Crippen LogP contribution in [0.1, 0.15) is 37.7 Å². The molecular weight excluding hydrogens is 460 g/mol. The lowest BCUT2D eigenvalue weighted by Crippen LogP contribution is -2.34. The smallest absolute Gasteiger partial charge is 0.244 e. The monoisotopic (exact) mass is 490 g/mol. The van der Waals surface area contributed by atoms with Crippen LogP contribution in [-0.4, -0.2) is 59.8 Å². The van der Waals surface area contributed by atoms with Gasteiger partial charge < -0.3 is 10.6 Å². The van der Waals surface area contributed by atoms with E-state index < -0.39 is 15.9 Å². The number of amides is 2. The van der Waals surface area contributed by atoms with Crippen molar-refractivity contribution in [2.75, 3.05) is 25.4 Å². The van der Waals surface area contributed by atoms with Crippen LogP contribution in [0.2, 0.25) is 0 Å². The highest BCUT2D eigenvalue weighted by atomic mass is 32.2. The van der Waals surface area contributed by atoms with Crippen LogP contribution in [-0.2, 0) is 26.2 Å². The van der Waals surface area contributed by atoms with Gasteiger partial charge in [0, 0.05) is 38.8 Å². The van der Waals surface area contributed by atoms with Crippen molar-refractivity contribution in [1.29, 1.82) is 0 Å². The van der Waals surface area contributed by atoms with Gasteiger partial charge in [0.05, 0.1) is 10.8 Å². The number of primary amides is 1. The van der Waals surface area contributed by atoms with Crippen molar-refractivity contribution in [3.63, 3.8) is 0 Å². The van der Waals surface area contributed by atoms with E-state index in [-0.39, 0.29) is 29.5 Å². The minimum absolute atomic E-state index is 0.0878. The van der Waals surface area contributed by atoms with Crippen molar-refractivity contribution in [3.05, 3.63) is 54.2 Å². The maximum Gasteiger partial charge on any atom is 0.244 e. The van der Waals surface area contributed by atoms with Gasteiger partial charge >= 0.3 is 0 Å². The minimum atomic E-state index is -3.55. The van der Waals surface area contributed by atoms with E-state index in [1.165, 1.54) is 22.3 Å². The van der Waals surface area contributed by atoms with E-state index in [0.29, 0.717) is 24.7 Å². The van der Waals surface area contributed by atoms with Crippen LogP contribution in [0.25, 0.3) is 0 Å². The summed E-state index contributed by atoms with van der Waals surface area (Å²) >= 11 is 1.23. The third-order valence-electron chi connectivity index (χ3n) is 5.45. The molecule has 2 N–H and O–H groups in total. The molecule has 8 nitrogen and oxygen atoms in total. The van der Waals surface area contributed by atoms with Crippen molar-refractivity contribution in [2.24, 2.45) is 5.73 Å². The van der Waals surface area contributed by atoms with Gasteiger partial charge in [-0.05, 0) is 30.5 Å². The van der Waals surface area contributed by atoms with Crippen molar-refractivity contribution in [2.45, 2.75) is 48.6 Å². The van der Waals surface area contributed by atoms with Gasteiger partial charge in [-0.2, -0.15) is 4.31 Å². The lowest BCUT2D eigenvalue weighted by Gasteiger charge is -2.22. The third kappa shape index (κ3) is 7.55. The molecule has 1 aliphatic rings. The third-order valence-corrected chi connectivity index (χ3v) is 8.26. The highest BCUT2D eigenvalue weighted by Gasteiger charge is 2.25. The van der Waals surface area contributed by atoms with Crippen molar-refractivity contribution >= 4 is 33.6 Å². The molecule has 178 valence electrons. The molecule has 1 fully saturated rings. The zero-order valence-corrected chi connectivity index (χ0v) is 20.2. The zero-order chi connectivity index (χ0) is 23.7. The lowest BCUT2D eigenvalue weighted by atomic mass is 10.2. The summed E-state index contributed by atoms with van der Waals surface area (Å²) in [5, 5.41) is 0.563. The summed E-state index contributed by atoms with van der Waals surface area (Å²) in [4.78, 5) is 30.1. The number of carbonyl (C=O) groups excluding carboxylic acids is 2. The predicted molar refractivity (Wildman–Crippen MR) is 128 cm³/mol. The quantitative estimate of drug-likeness (QED) is 0.512. The Morgan fingerprint density at radius 3 is 2.33 bits per heavy atom. The first-order valence-corrected chi connectivity index (χ1v) is 13.5. The summed E-state index contributed by atoms with van der Waals surface area (Å²) in [6, 6.07) is 12.7. The average molecular weight is 491 g/mol. The molecule has 1 aliphatic heterocycles. The second-order valence-corrected chi connectivity index (χ2v) is 10.9. The molecule has 33 heavy (non-hydrogen) atoms. The Bertz CT molecular complexity index is 1020. The van der Waals surface area contributed by atoms with Crippen LogP contribution < -0.4 is 5.73 Å². The highest BCUT2D eigenvalue weighted by Crippen LogP contribution is 2.22. The first-order chi connectivity index (χ1) is 15.9. The normalized spacial score (nSPS) is 15.0. The Morgan fingerprint density at radius 2 is 1.73 bits per heavy atom. The van der Waals surface area contributed by atoms with Gasteiger partial charge in [0.1, 0.15) is 4.90 Å². The lowest BCUT2D eigenvalue weighted by molar-refractivity contribution is -0.129. The van der Waals surface area contributed by atoms with Crippen LogP contribution in [0, 0.1) is 0 Å². The molecule has 0 radical (unpaired) electrons. The van der Waals surface area contributed by atoms with Crippen molar-refractivity contribution in [1.82, 2.24) is 14.2 Å². The van der Waals surface area contributed by atoms with Crippen molar-refractivity contribution in [3.8, 4) is 0 Å². The number of carbonyl (C=O) groups is 2. The molecule has 1 saturated heterocycles. The van der Waals surface area contributed by atoms with Gasteiger partial charge in [0.2, 0.25) is 21.8 Å². The number of hydrogen-bond acceptors (Lipinski definition) is 6. The highest BCUT2D eigenvalue weighted by molar-refractivity contribution is 7.99. The summed E-state index contributed by atoms with van der Waals surface area (Å²) in [5.41, 5.74) is 6.23. The summed E-state index contributed by atoms with van der Waals surface area (Å²) in [6.45, 7) is 1.70. The largest absolute Gasteiger partial charge is 0.370 e. The molecular formula is C23H30N4O4S2. The molecule has 1 aromatic heterocycles. The molecule has 2 amide bonds. The van der Waals surface area contributed by atoms with E-state index >= 15 is 0 Å². The molecule has 1 aromatic carbocycles. The van der Waals surface area contributed by atoms with Crippen LogP contribution >= 0.6 is 11.8 Å². The molecule has 0 unspecified atom stereocenters. The number of nitrogens with two attached hydrogens (primary N) is 1. The van der Waals surface area contributed by atoms with Gasteiger partial charge in [-0.1, -0.05) is 54.9 Å². The maximum atomic E-state index is 12.9. The number of rotatable bonds is 10. The zero-order valence-electron chi connectivity index (χ0n) is 18.6. The maximum absolute atomic E-state index is 12.9. The first kappa shape index (κ1) is 25.2. The molecule has 2 heterocycles. The number of hydrogen-bond donors (Lipinski definition) is 1. The fraction of sp³-hybridized carbons (Fsp3) is 0.435. The molecule has 0 aliphatic carbocycles. The SMILES string of the molecule is NC(=O)CCN(Cc1ccccc1)C(=O)CSc1ccc(S(=O)(=O)N2CCCCCC2)cn1. The number of nitrogens with zero attached hydrogens (tertiary/aromatic N) is 3. The fourth-order valence-electron chi connectivity index (χ4n) is 3.60. The summed E-state index contributed by atoms with van der Waals surface area (Å²) in [7, 11) is -3.55. The van der Waals surface area contributed by atoms with E-state index in [2.05, 4.69) is 4.98 Å². The fourth-order valence-corrected chi connectivity index (χ4v) is 5.81. The standard InChI is InChI=1S/C23H30N4O4S2/c24-21(28)12-15-26(17-19-8-4-3-5-9-19)23(29)18-32-22-11-10-20(16-25-22)33(30,31)27-13-6-1-2-7-14-27/h3-5,8-11,16H,1-2,6-7,12-15,17-18H2,(H2,24,28). The van der Waals surface area contributed by atoms with Gasteiger partial charge in [-0.15, -0.1) is 0 Å². The van der Waals surface area contributed by atoms with E-state index in [1.807, 2.05) is 30.3 Å². The molecule has 0 spiro atoms. The van der Waals surface area contributed by atoms with Gasteiger partial charge in [-0.3, -0.25) is 9.59 Å². The van der Waals surface area contributed by atoms with E-state index in [4.69, 9.17) is 5.73 Å². The predicted octanol–water partition coefficient (Wildman–Crippen LogP) is 2.64. The molecule has 0 saturated carbocycles. The Balaban J connectivity index is 1.61. The van der Waals surface area contributed by atoms with Crippen LogP contribution in [0.4, 0.5) is 0 Å². The summed E-state index contributed by atoms with van der Waals surface area (Å²) < 4.78 is 27.3. The van der Waals surface area contributed by atoms with E-state index in [9.17, 15) is 18.0 Å². The van der Waals surface area contributed by atoms with Crippen LogP contribution in [0.3, 0.4) is 0 Å². The van der Waals surface area contributed by atoms with Gasteiger partial charge in [0.15, 0.2) is 0 Å². The van der Waals surface area contributed by atoms with E-state index in [0.717, 1.165) is 31.2 Å². The number of sulfonamides is 1. The Kier molecular flexibility index (Phi) is 9.28. The number of thioether (sulfide) groups is 1. The summed E-state index contributed by atoms with van der Waals surface area (Å²) in [5.74, 6) is -0.485. The van der Waals surface area contributed by atoms with Crippen LogP contribution in [0.15, 0.2) is 58.6 Å². The molecule has 10 heteroatoms. The van der Waals surface area contributed by atoms with Gasteiger partial charge in [0.25, 0.3) is 0 Å². The first-order valence-electron chi connectivity index (χ1n) is 11.1.